The van der Waals surface area contributed by atoms with E-state index in [1.165, 1.54) is 12.1 Å². The van der Waals surface area contributed by atoms with Crippen LogP contribution in [0, 0.1) is 5.82 Å². The Morgan fingerprint density at radius 1 is 1.38 bits per heavy atom. The summed E-state index contributed by atoms with van der Waals surface area (Å²) in [7, 11) is 1.77. The van der Waals surface area contributed by atoms with Gasteiger partial charge in [-0.15, -0.1) is 0 Å². The van der Waals surface area contributed by atoms with E-state index in [4.69, 9.17) is 0 Å². The molecule has 0 aliphatic rings. The molecule has 1 aromatic rings. The highest BCUT2D eigenvalue weighted by Gasteiger charge is 2.04. The molecule has 1 amide bonds. The van der Waals surface area contributed by atoms with Crippen LogP contribution in [-0.2, 0) is 11.3 Å². The summed E-state index contributed by atoms with van der Waals surface area (Å²) in [4.78, 5) is 13.1. The predicted octanol–water partition coefficient (Wildman–Crippen LogP) is 1.39. The summed E-state index contributed by atoms with van der Waals surface area (Å²) in [5.74, 6) is -0.185. The van der Waals surface area contributed by atoms with Crippen LogP contribution in [0.1, 0.15) is 12.5 Å². The third-order valence-electron chi connectivity index (χ3n) is 2.42. The average Bonchev–Trinajstić information content (AvgIpc) is 2.30. The van der Waals surface area contributed by atoms with Crippen molar-refractivity contribution in [3.63, 3.8) is 0 Å². The molecule has 0 bridgehead atoms. The van der Waals surface area contributed by atoms with Gasteiger partial charge in [0.15, 0.2) is 0 Å². The second-order valence-electron chi connectivity index (χ2n) is 3.64. The van der Waals surface area contributed by atoms with Crippen LogP contribution in [0.2, 0.25) is 0 Å². The van der Waals surface area contributed by atoms with Crippen LogP contribution in [0.5, 0.6) is 0 Å². The molecule has 1 aromatic carbocycles. The maximum absolute atomic E-state index is 12.6. The second kappa shape index (κ2) is 6.23. The summed E-state index contributed by atoms with van der Waals surface area (Å²) in [5, 5.41) is 3.02. The molecule has 16 heavy (non-hydrogen) atoms. The zero-order valence-corrected chi connectivity index (χ0v) is 9.66. The summed E-state index contributed by atoms with van der Waals surface area (Å²) in [5.41, 5.74) is 0.966. The highest BCUT2D eigenvalue weighted by molar-refractivity contribution is 5.77. The number of benzene rings is 1. The van der Waals surface area contributed by atoms with Crippen LogP contribution >= 0.6 is 0 Å². The predicted molar refractivity (Wildman–Crippen MR) is 61.4 cm³/mol. The molecule has 1 rings (SSSR count). The van der Waals surface area contributed by atoms with Gasteiger partial charge in [0.25, 0.3) is 0 Å². The lowest BCUT2D eigenvalue weighted by molar-refractivity contribution is -0.128. The molecule has 0 heterocycles. The van der Waals surface area contributed by atoms with Crippen LogP contribution in [0.25, 0.3) is 0 Å². The Labute approximate surface area is 95.3 Å². The number of carbonyl (C=O) groups is 1. The highest BCUT2D eigenvalue weighted by Crippen LogP contribution is 2.01. The number of rotatable bonds is 5. The van der Waals surface area contributed by atoms with Gasteiger partial charge in [-0.25, -0.2) is 4.39 Å². The van der Waals surface area contributed by atoms with Crippen molar-refractivity contribution >= 4 is 5.91 Å². The van der Waals surface area contributed by atoms with Crippen LogP contribution in [0.3, 0.4) is 0 Å². The molecule has 0 spiro atoms. The molecular formula is C12H17FN2O. The van der Waals surface area contributed by atoms with Crippen molar-refractivity contribution in [1.29, 1.82) is 0 Å². The number of nitrogens with zero attached hydrogens (tertiary/aromatic N) is 1. The third-order valence-corrected chi connectivity index (χ3v) is 2.42. The number of hydrogen-bond acceptors (Lipinski definition) is 2. The normalized spacial score (nSPS) is 10.2. The van der Waals surface area contributed by atoms with Gasteiger partial charge >= 0.3 is 0 Å². The van der Waals surface area contributed by atoms with E-state index in [0.717, 1.165) is 5.56 Å². The van der Waals surface area contributed by atoms with Gasteiger partial charge in [-0.2, -0.15) is 0 Å². The van der Waals surface area contributed by atoms with Gasteiger partial charge in [-0.1, -0.05) is 12.1 Å². The van der Waals surface area contributed by atoms with Gasteiger partial charge in [0.1, 0.15) is 5.82 Å². The van der Waals surface area contributed by atoms with Gasteiger partial charge in [-0.3, -0.25) is 4.79 Å². The van der Waals surface area contributed by atoms with E-state index in [0.29, 0.717) is 19.6 Å². The molecule has 0 aliphatic heterocycles. The number of hydrogen-bond donors (Lipinski definition) is 1. The van der Waals surface area contributed by atoms with Crippen molar-refractivity contribution in [1.82, 2.24) is 10.2 Å². The van der Waals surface area contributed by atoms with E-state index in [1.54, 1.807) is 24.1 Å². The summed E-state index contributed by atoms with van der Waals surface area (Å²) < 4.78 is 12.6. The quantitative estimate of drug-likeness (QED) is 0.819. The molecule has 0 radical (unpaired) electrons. The Bertz CT molecular complexity index is 337. The number of amides is 1. The SMILES string of the molecule is CCN(C)C(=O)CNCc1ccc(F)cc1. The first-order valence-electron chi connectivity index (χ1n) is 5.32. The molecule has 4 heteroatoms. The minimum absolute atomic E-state index is 0.0598. The first-order chi connectivity index (χ1) is 7.63. The smallest absolute Gasteiger partial charge is 0.236 e. The lowest BCUT2D eigenvalue weighted by Gasteiger charge is -2.14. The molecule has 1 N–H and O–H groups in total. The molecule has 0 unspecified atom stereocenters. The fraction of sp³-hybridized carbons (Fsp3) is 0.417. The molecule has 0 aliphatic carbocycles. The number of carbonyl (C=O) groups excluding carboxylic acids is 1. The molecule has 0 saturated carbocycles. The zero-order chi connectivity index (χ0) is 12.0. The van der Waals surface area contributed by atoms with Crippen molar-refractivity contribution in [2.24, 2.45) is 0 Å². The summed E-state index contributed by atoms with van der Waals surface area (Å²) in [6, 6.07) is 6.24. The molecule has 0 atom stereocenters. The van der Waals surface area contributed by atoms with Crippen molar-refractivity contribution in [3.8, 4) is 0 Å². The molecule has 88 valence electrons. The molecule has 3 nitrogen and oxygen atoms in total. The van der Waals surface area contributed by atoms with Crippen LogP contribution in [0.15, 0.2) is 24.3 Å². The Morgan fingerprint density at radius 3 is 2.56 bits per heavy atom. The Kier molecular flexibility index (Phi) is 4.92. The fourth-order valence-electron chi connectivity index (χ4n) is 1.23. The summed E-state index contributed by atoms with van der Waals surface area (Å²) in [6.07, 6.45) is 0. The van der Waals surface area contributed by atoms with E-state index < -0.39 is 0 Å². The Hall–Kier alpha value is -1.42. The highest BCUT2D eigenvalue weighted by atomic mass is 19.1. The average molecular weight is 224 g/mol. The first kappa shape index (κ1) is 12.6. The lowest BCUT2D eigenvalue weighted by Crippen LogP contribution is -2.35. The van der Waals surface area contributed by atoms with Gasteiger partial charge in [0, 0.05) is 20.1 Å². The van der Waals surface area contributed by atoms with Gasteiger partial charge < -0.3 is 10.2 Å². The standard InChI is InChI=1S/C12H17FN2O/c1-3-15(2)12(16)9-14-8-10-4-6-11(13)7-5-10/h4-7,14H,3,8-9H2,1-2H3. The van der Waals surface area contributed by atoms with E-state index in [2.05, 4.69) is 5.32 Å². The number of likely N-dealkylation sites (N-methyl/N-ethyl adjacent to an activating group) is 1. The Balaban J connectivity index is 2.30. The Morgan fingerprint density at radius 2 is 2.00 bits per heavy atom. The maximum atomic E-state index is 12.6. The van der Waals surface area contributed by atoms with Gasteiger partial charge in [0.05, 0.1) is 6.54 Å². The number of nitrogens with one attached hydrogen (secondary N) is 1. The topological polar surface area (TPSA) is 32.3 Å². The first-order valence-corrected chi connectivity index (χ1v) is 5.32. The molecule has 0 saturated heterocycles. The molecule has 0 aromatic heterocycles. The summed E-state index contributed by atoms with van der Waals surface area (Å²) >= 11 is 0. The molecule has 0 fully saturated rings. The minimum atomic E-state index is -0.245. The van der Waals surface area contributed by atoms with Crippen LogP contribution < -0.4 is 5.32 Å². The maximum Gasteiger partial charge on any atom is 0.236 e. The summed E-state index contributed by atoms with van der Waals surface area (Å²) in [6.45, 7) is 3.51. The van der Waals surface area contributed by atoms with E-state index in [9.17, 15) is 9.18 Å². The second-order valence-corrected chi connectivity index (χ2v) is 3.64. The van der Waals surface area contributed by atoms with Gasteiger partial charge in [0.2, 0.25) is 5.91 Å². The van der Waals surface area contributed by atoms with Crippen molar-refractivity contribution < 1.29 is 9.18 Å². The lowest BCUT2D eigenvalue weighted by atomic mass is 10.2. The van der Waals surface area contributed by atoms with Crippen molar-refractivity contribution in [2.75, 3.05) is 20.1 Å². The van der Waals surface area contributed by atoms with Crippen molar-refractivity contribution in [2.45, 2.75) is 13.5 Å². The number of halogens is 1. The minimum Gasteiger partial charge on any atom is -0.345 e. The van der Waals surface area contributed by atoms with Gasteiger partial charge in [-0.05, 0) is 24.6 Å². The van der Waals surface area contributed by atoms with Crippen LogP contribution in [0.4, 0.5) is 4.39 Å². The van der Waals surface area contributed by atoms with Crippen molar-refractivity contribution in [3.05, 3.63) is 35.6 Å². The third kappa shape index (κ3) is 3.98. The monoisotopic (exact) mass is 224 g/mol. The zero-order valence-electron chi connectivity index (χ0n) is 9.66. The van der Waals surface area contributed by atoms with E-state index >= 15 is 0 Å². The fourth-order valence-corrected chi connectivity index (χ4v) is 1.23. The van der Waals surface area contributed by atoms with E-state index in [-0.39, 0.29) is 11.7 Å². The molecular weight excluding hydrogens is 207 g/mol. The largest absolute Gasteiger partial charge is 0.345 e. The van der Waals surface area contributed by atoms with E-state index in [1.807, 2.05) is 6.92 Å². The van der Waals surface area contributed by atoms with Crippen LogP contribution in [-0.4, -0.2) is 30.9 Å².